The molecule has 8 nitrogen and oxygen atoms in total. The van der Waals surface area contributed by atoms with Crippen molar-refractivity contribution in [3.05, 3.63) is 61.3 Å². The molecule has 0 amide bonds. The zero-order valence-electron chi connectivity index (χ0n) is 18.8. The van der Waals surface area contributed by atoms with Crippen molar-refractivity contribution in [2.75, 3.05) is 44.7 Å². The van der Waals surface area contributed by atoms with Crippen LogP contribution in [0.25, 0.3) is 10.9 Å². The topological polar surface area (TPSA) is 87.4 Å². The van der Waals surface area contributed by atoms with Gasteiger partial charge in [0.15, 0.2) is 0 Å². The highest BCUT2D eigenvalue weighted by atomic mass is 35.5. The van der Waals surface area contributed by atoms with Gasteiger partial charge in [0.2, 0.25) is 5.43 Å². The van der Waals surface area contributed by atoms with E-state index in [1.165, 1.54) is 24.6 Å². The number of hydrogen-bond donors (Lipinski definition) is 1. The van der Waals surface area contributed by atoms with E-state index in [1.807, 2.05) is 24.0 Å². The number of carbonyl (C=O) groups is 1. The lowest BCUT2D eigenvalue weighted by Gasteiger charge is -2.36. The second-order valence-corrected chi connectivity index (χ2v) is 9.59. The summed E-state index contributed by atoms with van der Waals surface area (Å²) in [5.41, 5.74) is 0.649. The van der Waals surface area contributed by atoms with Crippen LogP contribution >= 0.6 is 22.9 Å². The second kappa shape index (κ2) is 10.1. The first-order valence-corrected chi connectivity index (χ1v) is 11.9. The Labute approximate surface area is 204 Å². The Balaban J connectivity index is 1.55. The number of fused-ring (bicyclic) bond motifs is 1. The van der Waals surface area contributed by atoms with E-state index in [9.17, 15) is 14.7 Å². The fourth-order valence-electron chi connectivity index (χ4n) is 4.15. The van der Waals surface area contributed by atoms with Gasteiger partial charge in [0.25, 0.3) is 0 Å². The molecule has 0 atom stereocenters. The Hall–Kier alpha value is -2.95. The highest BCUT2D eigenvalue weighted by Gasteiger charge is 2.24. The molecule has 0 radical (unpaired) electrons. The lowest BCUT2D eigenvalue weighted by Crippen LogP contribution is -2.48. The molecule has 0 aliphatic carbocycles. The molecule has 4 rings (SSSR count). The Bertz CT molecular complexity index is 1310. The van der Waals surface area contributed by atoms with Crippen LogP contribution in [0.2, 0.25) is 4.34 Å². The monoisotopic (exact) mass is 506 g/mol. The molecule has 11 heteroatoms. The zero-order valence-corrected chi connectivity index (χ0v) is 20.3. The molecule has 0 bridgehead atoms. The van der Waals surface area contributed by atoms with Crippen LogP contribution < -0.4 is 10.3 Å². The molecule has 180 valence electrons. The zero-order chi connectivity index (χ0) is 24.4. The standard InChI is InChI=1S/C23H24ClFN4O4S/c1-3-28-12-15(23(31)32)22(30)14-10-16(25)19(11-18(14)28)29-8-6-27(7-9-29)13-17(26-33-2)20-4-5-21(24)34-20/h4-5,10-12H,3,6-9,13H2,1-2H3,(H,31,32)/b26-17-. The van der Waals surface area contributed by atoms with Crippen LogP contribution in [0, 0.1) is 5.82 Å². The third kappa shape index (κ3) is 4.79. The first kappa shape index (κ1) is 24.2. The molecule has 3 aromatic rings. The van der Waals surface area contributed by atoms with Crippen molar-refractivity contribution in [2.24, 2.45) is 5.16 Å². The number of aromatic carboxylic acids is 1. The van der Waals surface area contributed by atoms with E-state index in [0.717, 1.165) is 16.7 Å². The maximum atomic E-state index is 15.1. The number of hydrogen-bond acceptors (Lipinski definition) is 7. The van der Waals surface area contributed by atoms with Gasteiger partial charge in [-0.05, 0) is 31.2 Å². The summed E-state index contributed by atoms with van der Waals surface area (Å²) in [6.45, 7) is 5.39. The van der Waals surface area contributed by atoms with Crippen molar-refractivity contribution in [1.82, 2.24) is 9.47 Å². The van der Waals surface area contributed by atoms with E-state index in [2.05, 4.69) is 10.1 Å². The van der Waals surface area contributed by atoms with Gasteiger partial charge in [-0.25, -0.2) is 9.18 Å². The molecule has 0 unspecified atom stereocenters. The average molecular weight is 507 g/mol. The molecule has 1 aliphatic rings. The molecule has 1 saturated heterocycles. The van der Waals surface area contributed by atoms with E-state index in [4.69, 9.17) is 16.4 Å². The number of aromatic nitrogens is 1. The Kier molecular flexibility index (Phi) is 7.20. The molecular weight excluding hydrogens is 483 g/mol. The van der Waals surface area contributed by atoms with Gasteiger partial charge in [0.1, 0.15) is 24.2 Å². The number of rotatable bonds is 7. The number of pyridine rings is 1. The molecule has 0 saturated carbocycles. The molecule has 3 heterocycles. The number of thiophene rings is 1. The molecule has 1 fully saturated rings. The summed E-state index contributed by atoms with van der Waals surface area (Å²) in [6.07, 6.45) is 1.32. The van der Waals surface area contributed by atoms with Gasteiger partial charge in [0, 0.05) is 50.9 Å². The summed E-state index contributed by atoms with van der Waals surface area (Å²) in [5, 5.41) is 13.5. The highest BCUT2D eigenvalue weighted by molar-refractivity contribution is 7.18. The van der Waals surface area contributed by atoms with Crippen molar-refractivity contribution in [1.29, 1.82) is 0 Å². The van der Waals surface area contributed by atoms with Gasteiger partial charge < -0.3 is 19.4 Å². The summed E-state index contributed by atoms with van der Waals surface area (Å²) in [4.78, 5) is 34.1. The fourth-order valence-corrected chi connectivity index (χ4v) is 5.16. The number of halogens is 2. The number of nitrogens with zero attached hydrogens (tertiary/aromatic N) is 4. The molecular formula is C23H24ClFN4O4S. The van der Waals surface area contributed by atoms with Crippen LogP contribution in [0.4, 0.5) is 10.1 Å². The van der Waals surface area contributed by atoms with Crippen molar-refractivity contribution in [2.45, 2.75) is 13.5 Å². The summed E-state index contributed by atoms with van der Waals surface area (Å²) in [6, 6.07) is 6.53. The lowest BCUT2D eigenvalue weighted by molar-refractivity contribution is 0.0695. The van der Waals surface area contributed by atoms with Crippen LogP contribution in [-0.2, 0) is 11.4 Å². The minimum absolute atomic E-state index is 0.0664. The number of benzene rings is 1. The van der Waals surface area contributed by atoms with Crippen molar-refractivity contribution >= 4 is 51.2 Å². The maximum absolute atomic E-state index is 15.1. The van der Waals surface area contributed by atoms with Crippen molar-refractivity contribution in [3.8, 4) is 0 Å². The Morgan fingerprint density at radius 2 is 2.00 bits per heavy atom. The largest absolute Gasteiger partial charge is 0.477 e. The van der Waals surface area contributed by atoms with Gasteiger partial charge in [0.05, 0.1) is 20.4 Å². The molecule has 1 aromatic carbocycles. The van der Waals surface area contributed by atoms with Gasteiger partial charge >= 0.3 is 5.97 Å². The van der Waals surface area contributed by atoms with Crippen LogP contribution in [0.3, 0.4) is 0 Å². The average Bonchev–Trinajstić information content (AvgIpc) is 3.25. The van der Waals surface area contributed by atoms with Gasteiger partial charge in [-0.1, -0.05) is 16.8 Å². The SMILES string of the molecule is CCn1cc(C(=O)O)c(=O)c2cc(F)c(N3CCN(C/C(=N/OC)c4ccc(Cl)s4)CC3)cc21. The maximum Gasteiger partial charge on any atom is 0.341 e. The minimum atomic E-state index is -1.32. The summed E-state index contributed by atoms with van der Waals surface area (Å²) in [5.74, 6) is -1.87. The van der Waals surface area contributed by atoms with Gasteiger partial charge in [-0.2, -0.15) is 0 Å². The van der Waals surface area contributed by atoms with Crippen LogP contribution in [0.15, 0.2) is 40.4 Å². The Morgan fingerprint density at radius 1 is 1.26 bits per heavy atom. The first-order valence-electron chi connectivity index (χ1n) is 10.7. The predicted molar refractivity (Wildman–Crippen MR) is 132 cm³/mol. The number of anilines is 1. The second-order valence-electron chi connectivity index (χ2n) is 7.87. The predicted octanol–water partition coefficient (Wildman–Crippen LogP) is 3.75. The van der Waals surface area contributed by atoms with Gasteiger partial charge in [-0.15, -0.1) is 11.3 Å². The number of piperazine rings is 1. The minimum Gasteiger partial charge on any atom is -0.477 e. The molecule has 1 aliphatic heterocycles. The van der Waals surface area contributed by atoms with Crippen molar-refractivity contribution < 1.29 is 19.1 Å². The normalized spacial score (nSPS) is 15.2. The van der Waals surface area contributed by atoms with Gasteiger partial charge in [-0.3, -0.25) is 9.69 Å². The third-order valence-corrected chi connectivity index (χ3v) is 7.15. The summed E-state index contributed by atoms with van der Waals surface area (Å²) < 4.78 is 17.4. The van der Waals surface area contributed by atoms with E-state index in [-0.39, 0.29) is 10.9 Å². The van der Waals surface area contributed by atoms with E-state index in [1.54, 1.807) is 10.6 Å². The highest BCUT2D eigenvalue weighted by Crippen LogP contribution is 2.27. The quantitative estimate of drug-likeness (QED) is 0.388. The van der Waals surface area contributed by atoms with E-state index >= 15 is 4.39 Å². The summed E-state index contributed by atoms with van der Waals surface area (Å²) in [7, 11) is 1.50. The van der Waals surface area contributed by atoms with Crippen LogP contribution in [-0.4, -0.2) is 66.1 Å². The molecule has 34 heavy (non-hydrogen) atoms. The molecule has 1 N–H and O–H groups in total. The van der Waals surface area contributed by atoms with E-state index in [0.29, 0.717) is 54.8 Å². The number of oxime groups is 1. The molecule has 0 spiro atoms. The number of aryl methyl sites for hydroxylation is 1. The fraction of sp³-hybridized carbons (Fsp3) is 0.348. The third-order valence-electron chi connectivity index (χ3n) is 5.87. The van der Waals surface area contributed by atoms with Crippen molar-refractivity contribution in [3.63, 3.8) is 0 Å². The molecule has 2 aromatic heterocycles. The summed E-state index contributed by atoms with van der Waals surface area (Å²) >= 11 is 7.50. The number of carboxylic acids is 1. The van der Waals surface area contributed by atoms with Crippen LogP contribution in [0.5, 0.6) is 0 Å². The van der Waals surface area contributed by atoms with E-state index < -0.39 is 17.2 Å². The lowest BCUT2D eigenvalue weighted by atomic mass is 10.1. The first-order chi connectivity index (χ1) is 16.3. The smallest absolute Gasteiger partial charge is 0.341 e. The van der Waals surface area contributed by atoms with Crippen LogP contribution in [0.1, 0.15) is 22.2 Å². The number of carboxylic acid groups (broad SMARTS) is 1. The Morgan fingerprint density at radius 3 is 2.59 bits per heavy atom.